The Morgan fingerprint density at radius 3 is 2.80 bits per heavy atom. The average Bonchev–Trinajstić information content (AvgIpc) is 3.03. The summed E-state index contributed by atoms with van der Waals surface area (Å²) < 4.78 is 1.97. The molecule has 2 aromatic rings. The Morgan fingerprint density at radius 1 is 1.15 bits per heavy atom. The van der Waals surface area contributed by atoms with Crippen LogP contribution >= 0.6 is 0 Å². The molecule has 3 nitrogen and oxygen atoms in total. The van der Waals surface area contributed by atoms with Crippen LogP contribution in [0, 0.1) is 0 Å². The summed E-state index contributed by atoms with van der Waals surface area (Å²) in [5.74, 6) is 0. The number of rotatable bonds is 2. The average molecular weight is 265 g/mol. The van der Waals surface area contributed by atoms with Crippen molar-refractivity contribution < 1.29 is 0 Å². The van der Waals surface area contributed by atoms with Crippen LogP contribution in [0.1, 0.15) is 24.8 Å². The molecule has 2 aliphatic rings. The van der Waals surface area contributed by atoms with Crippen LogP contribution in [0.2, 0.25) is 0 Å². The number of benzene rings is 1. The van der Waals surface area contributed by atoms with E-state index in [2.05, 4.69) is 41.5 Å². The quantitative estimate of drug-likeness (QED) is 0.832. The third kappa shape index (κ3) is 1.90. The maximum atomic E-state index is 4.51. The number of nitrogens with zero attached hydrogens (tertiary/aromatic N) is 3. The zero-order chi connectivity index (χ0) is 13.5. The first-order valence-corrected chi connectivity index (χ1v) is 7.34. The zero-order valence-corrected chi connectivity index (χ0v) is 11.7. The van der Waals surface area contributed by atoms with E-state index in [0.717, 1.165) is 18.2 Å². The van der Waals surface area contributed by atoms with Crippen LogP contribution in [0.25, 0.3) is 11.3 Å². The van der Waals surface area contributed by atoms with Crippen LogP contribution in [0.15, 0.2) is 48.8 Å². The van der Waals surface area contributed by atoms with Crippen LogP contribution < -0.4 is 0 Å². The Bertz CT molecular complexity index is 641. The van der Waals surface area contributed by atoms with Gasteiger partial charge < -0.3 is 0 Å². The highest BCUT2D eigenvalue weighted by atomic mass is 15.3. The minimum atomic E-state index is 0.629. The largest absolute Gasteiger partial charge is 0.297 e. The first-order chi connectivity index (χ1) is 9.81. The summed E-state index contributed by atoms with van der Waals surface area (Å²) in [6.45, 7) is 0. The molecule has 1 saturated heterocycles. The van der Waals surface area contributed by atoms with Crippen LogP contribution in [-0.2, 0) is 0 Å². The fourth-order valence-corrected chi connectivity index (χ4v) is 3.47. The van der Waals surface area contributed by atoms with E-state index in [-0.39, 0.29) is 0 Å². The van der Waals surface area contributed by atoms with E-state index in [0.29, 0.717) is 6.04 Å². The molecule has 1 fully saturated rings. The highest BCUT2D eigenvalue weighted by Gasteiger charge is 2.34. The molecule has 2 atom stereocenters. The lowest BCUT2D eigenvalue weighted by molar-refractivity contribution is 0.264. The van der Waals surface area contributed by atoms with Gasteiger partial charge in [-0.15, -0.1) is 0 Å². The fraction of sp³-hybridized carbons (Fsp3) is 0.353. The zero-order valence-electron chi connectivity index (χ0n) is 11.7. The topological polar surface area (TPSA) is 21.1 Å². The number of likely N-dealkylation sites (N-methyl/N-ethyl adjacent to an activating group) is 1. The molecule has 20 heavy (non-hydrogen) atoms. The normalized spacial score (nSPS) is 25.8. The molecule has 1 aromatic heterocycles. The summed E-state index contributed by atoms with van der Waals surface area (Å²) in [6, 6.07) is 11.7. The first-order valence-electron chi connectivity index (χ1n) is 7.34. The monoisotopic (exact) mass is 265 g/mol. The third-order valence-electron chi connectivity index (χ3n) is 4.72. The molecule has 2 aliphatic heterocycles. The summed E-state index contributed by atoms with van der Waals surface area (Å²) >= 11 is 0. The molecule has 0 radical (unpaired) electrons. The van der Waals surface area contributed by atoms with Crippen molar-refractivity contribution in [2.45, 2.75) is 31.3 Å². The Kier molecular flexibility index (Phi) is 2.74. The molecule has 1 aromatic carbocycles. The molecule has 0 spiro atoms. The molecule has 3 heteroatoms. The van der Waals surface area contributed by atoms with Crippen molar-refractivity contribution in [3.05, 3.63) is 54.4 Å². The molecule has 2 unspecified atom stereocenters. The van der Waals surface area contributed by atoms with E-state index in [1.54, 1.807) is 0 Å². The van der Waals surface area contributed by atoms with Gasteiger partial charge in [0.2, 0.25) is 0 Å². The third-order valence-corrected chi connectivity index (χ3v) is 4.72. The van der Waals surface area contributed by atoms with Crippen molar-refractivity contribution >= 4 is 5.57 Å². The van der Waals surface area contributed by atoms with Crippen LogP contribution in [-0.4, -0.2) is 33.8 Å². The predicted molar refractivity (Wildman–Crippen MR) is 80.7 cm³/mol. The highest BCUT2D eigenvalue weighted by molar-refractivity contribution is 5.67. The lowest BCUT2D eigenvalue weighted by Crippen LogP contribution is -2.34. The van der Waals surface area contributed by atoms with Crippen molar-refractivity contribution in [3.8, 4) is 5.69 Å². The van der Waals surface area contributed by atoms with Crippen LogP contribution in [0.4, 0.5) is 0 Å². The first kappa shape index (κ1) is 11.9. The molecule has 4 rings (SSSR count). The van der Waals surface area contributed by atoms with E-state index in [9.17, 15) is 0 Å². The Morgan fingerprint density at radius 2 is 2.00 bits per heavy atom. The molecule has 0 N–H and O–H groups in total. The standard InChI is InChI=1S/C17H19N3/c1-19-16-7-8-17(19)10-13(9-16)14-11-18-20(12-14)15-5-3-2-4-6-15/h2-6,9,11-12,16-17H,7-8,10H2,1H3. The number of aromatic nitrogens is 2. The Labute approximate surface area is 119 Å². The maximum absolute atomic E-state index is 4.51. The molecular weight excluding hydrogens is 246 g/mol. The summed E-state index contributed by atoms with van der Waals surface area (Å²) in [5, 5.41) is 4.51. The summed E-state index contributed by atoms with van der Waals surface area (Å²) in [4.78, 5) is 2.52. The summed E-state index contributed by atoms with van der Waals surface area (Å²) in [6.07, 6.45) is 10.4. The molecular formula is C17H19N3. The van der Waals surface area contributed by atoms with Gasteiger partial charge in [0.05, 0.1) is 11.9 Å². The van der Waals surface area contributed by atoms with E-state index in [1.165, 1.54) is 24.0 Å². The van der Waals surface area contributed by atoms with E-state index in [1.807, 2.05) is 29.1 Å². The number of hydrogen-bond acceptors (Lipinski definition) is 2. The molecule has 3 heterocycles. The SMILES string of the molecule is CN1C2C=C(c3cnn(-c4ccccc4)c3)CC1CC2. The molecule has 0 amide bonds. The number of para-hydroxylation sites is 1. The van der Waals surface area contributed by atoms with Gasteiger partial charge in [-0.2, -0.15) is 5.10 Å². The van der Waals surface area contributed by atoms with Gasteiger partial charge in [-0.3, -0.25) is 4.90 Å². The number of hydrogen-bond donors (Lipinski definition) is 0. The van der Waals surface area contributed by atoms with Gasteiger partial charge in [-0.25, -0.2) is 4.68 Å². The fourth-order valence-electron chi connectivity index (χ4n) is 3.47. The van der Waals surface area contributed by atoms with E-state index >= 15 is 0 Å². The highest BCUT2D eigenvalue weighted by Crippen LogP contribution is 2.37. The second-order valence-electron chi connectivity index (χ2n) is 5.87. The maximum Gasteiger partial charge on any atom is 0.0645 e. The van der Waals surface area contributed by atoms with E-state index in [4.69, 9.17) is 0 Å². The lowest BCUT2D eigenvalue weighted by atomic mass is 9.97. The van der Waals surface area contributed by atoms with Gasteiger partial charge in [0.25, 0.3) is 0 Å². The van der Waals surface area contributed by atoms with Crippen molar-refractivity contribution in [2.24, 2.45) is 0 Å². The van der Waals surface area contributed by atoms with Gasteiger partial charge in [-0.05, 0) is 44.0 Å². The van der Waals surface area contributed by atoms with Crippen LogP contribution in [0.5, 0.6) is 0 Å². The van der Waals surface area contributed by atoms with Gasteiger partial charge in [-0.1, -0.05) is 24.3 Å². The van der Waals surface area contributed by atoms with E-state index < -0.39 is 0 Å². The van der Waals surface area contributed by atoms with Gasteiger partial charge in [0, 0.05) is 23.8 Å². The second kappa shape index (κ2) is 4.60. The Balaban J connectivity index is 1.65. The van der Waals surface area contributed by atoms with Crippen molar-refractivity contribution in [1.82, 2.24) is 14.7 Å². The second-order valence-corrected chi connectivity index (χ2v) is 5.87. The van der Waals surface area contributed by atoms with Gasteiger partial charge in [0.1, 0.15) is 0 Å². The molecule has 102 valence electrons. The minimum absolute atomic E-state index is 0.629. The van der Waals surface area contributed by atoms with Crippen molar-refractivity contribution in [3.63, 3.8) is 0 Å². The lowest BCUT2D eigenvalue weighted by Gasteiger charge is -2.30. The van der Waals surface area contributed by atoms with Crippen LogP contribution in [0.3, 0.4) is 0 Å². The number of fused-ring (bicyclic) bond motifs is 2. The van der Waals surface area contributed by atoms with Crippen molar-refractivity contribution in [1.29, 1.82) is 0 Å². The van der Waals surface area contributed by atoms with Gasteiger partial charge >= 0.3 is 0 Å². The molecule has 0 saturated carbocycles. The van der Waals surface area contributed by atoms with Crippen molar-refractivity contribution in [2.75, 3.05) is 7.05 Å². The van der Waals surface area contributed by atoms with Gasteiger partial charge in [0.15, 0.2) is 0 Å². The summed E-state index contributed by atoms with van der Waals surface area (Å²) in [7, 11) is 2.25. The Hall–Kier alpha value is -1.87. The molecule has 2 bridgehead atoms. The summed E-state index contributed by atoms with van der Waals surface area (Å²) in [5.41, 5.74) is 3.87. The smallest absolute Gasteiger partial charge is 0.0645 e. The molecule has 0 aliphatic carbocycles. The predicted octanol–water partition coefficient (Wildman–Crippen LogP) is 3.12. The minimum Gasteiger partial charge on any atom is -0.297 e.